The first-order chi connectivity index (χ1) is 14.8. The number of rotatable bonds is 6. The molecule has 1 heterocycles. The molecule has 0 saturated heterocycles. The van der Waals surface area contributed by atoms with Crippen molar-refractivity contribution in [2.45, 2.75) is 29.7 Å². The number of hydrazone groups is 1. The van der Waals surface area contributed by atoms with E-state index in [-0.39, 0.29) is 87.5 Å². The zero-order valence-corrected chi connectivity index (χ0v) is 24.5. The Labute approximate surface area is 240 Å². The van der Waals surface area contributed by atoms with Gasteiger partial charge in [0.05, 0.1) is 28.3 Å². The molecule has 0 bridgehead atoms. The van der Waals surface area contributed by atoms with Crippen LogP contribution in [0.3, 0.4) is 0 Å². The number of carbonyl (C=O) groups excluding carboxylic acids is 1. The fraction of sp³-hybridized carbons (Fsp3) is 0.222. The van der Waals surface area contributed by atoms with Crippen molar-refractivity contribution in [3.63, 3.8) is 0 Å². The molecule has 0 radical (unpaired) electrons. The van der Waals surface area contributed by atoms with Gasteiger partial charge in [-0.15, -0.1) is 0 Å². The molecular formula is C18H16N4Na2O8S2. The standard InChI is InChI=1S/C18H18N4O8S2.2Na/c1-10-8-14(15(30-3)9-16(10)32(27,28)29)19-20-17-11(2)21-22(18(17)23)12-4-6-13(7-5-12)31(24,25)26;;/h4-9,17H,1-3H3,(H,24,25,26)(H,27,28,29);;/q;2*+1/p-2. The van der Waals surface area contributed by atoms with Crippen LogP contribution in [0.2, 0.25) is 0 Å². The van der Waals surface area contributed by atoms with Crippen LogP contribution in [0.15, 0.2) is 61.5 Å². The van der Waals surface area contributed by atoms with Gasteiger partial charge in [-0.3, -0.25) is 4.79 Å². The van der Waals surface area contributed by atoms with E-state index in [4.69, 9.17) is 4.74 Å². The Morgan fingerprint density at radius 2 is 1.59 bits per heavy atom. The third kappa shape index (κ3) is 6.72. The summed E-state index contributed by atoms with van der Waals surface area (Å²) in [6.45, 7) is 2.94. The van der Waals surface area contributed by atoms with Gasteiger partial charge in [0.25, 0.3) is 5.91 Å². The molecule has 0 aromatic heterocycles. The maximum absolute atomic E-state index is 12.8. The number of aryl methyl sites for hydroxylation is 1. The molecule has 170 valence electrons. The summed E-state index contributed by atoms with van der Waals surface area (Å²) < 4.78 is 72.3. The first kappa shape index (κ1) is 30.8. The molecule has 1 atom stereocenters. The maximum Gasteiger partial charge on any atom is 1.00 e. The van der Waals surface area contributed by atoms with E-state index in [0.29, 0.717) is 0 Å². The number of hydrogen-bond donors (Lipinski definition) is 0. The molecule has 2 aromatic rings. The van der Waals surface area contributed by atoms with Crippen LogP contribution >= 0.6 is 0 Å². The van der Waals surface area contributed by atoms with Crippen molar-refractivity contribution in [3.05, 3.63) is 42.0 Å². The van der Waals surface area contributed by atoms with E-state index in [1.165, 1.54) is 39.2 Å². The van der Waals surface area contributed by atoms with E-state index in [9.17, 15) is 30.7 Å². The van der Waals surface area contributed by atoms with Crippen LogP contribution in [-0.4, -0.2) is 50.7 Å². The number of anilines is 1. The minimum atomic E-state index is -4.72. The van der Waals surface area contributed by atoms with Crippen molar-refractivity contribution in [1.29, 1.82) is 0 Å². The molecule has 12 nitrogen and oxygen atoms in total. The summed E-state index contributed by atoms with van der Waals surface area (Å²) in [6.07, 6.45) is 0. The third-order valence-corrected chi connectivity index (χ3v) is 6.32. The summed E-state index contributed by atoms with van der Waals surface area (Å²) in [7, 11) is -8.10. The van der Waals surface area contributed by atoms with E-state index in [1.807, 2.05) is 0 Å². The topological polar surface area (TPSA) is 181 Å². The largest absolute Gasteiger partial charge is 1.00 e. The van der Waals surface area contributed by atoms with Gasteiger partial charge >= 0.3 is 59.1 Å². The summed E-state index contributed by atoms with van der Waals surface area (Å²) in [5.74, 6) is -0.612. The minimum absolute atomic E-state index is 0. The molecule has 0 N–H and O–H groups in total. The molecule has 0 saturated carbocycles. The number of benzene rings is 2. The van der Waals surface area contributed by atoms with Crippen LogP contribution in [-0.2, 0) is 25.0 Å². The third-order valence-electron chi connectivity index (χ3n) is 4.49. The Balaban J connectivity index is 0.00000289. The molecule has 1 unspecified atom stereocenters. The molecule has 0 spiro atoms. The summed E-state index contributed by atoms with van der Waals surface area (Å²) >= 11 is 0. The van der Waals surface area contributed by atoms with E-state index in [1.54, 1.807) is 0 Å². The fourth-order valence-corrected chi connectivity index (χ4v) is 4.09. The van der Waals surface area contributed by atoms with Gasteiger partial charge in [0.15, 0.2) is 6.04 Å². The predicted octanol–water partition coefficient (Wildman–Crippen LogP) is -4.31. The fourth-order valence-electron chi connectivity index (χ4n) is 2.91. The summed E-state index contributed by atoms with van der Waals surface area (Å²) in [4.78, 5) is 11.8. The average molecular weight is 526 g/mol. The van der Waals surface area contributed by atoms with Gasteiger partial charge in [-0.25, -0.2) is 16.8 Å². The van der Waals surface area contributed by atoms with E-state index >= 15 is 0 Å². The first-order valence-corrected chi connectivity index (χ1v) is 11.6. The van der Waals surface area contributed by atoms with Crippen molar-refractivity contribution in [2.75, 3.05) is 12.1 Å². The van der Waals surface area contributed by atoms with E-state index in [0.717, 1.165) is 23.2 Å². The molecule has 1 aliphatic rings. The zero-order valence-electron chi connectivity index (χ0n) is 18.9. The van der Waals surface area contributed by atoms with Crippen molar-refractivity contribution in [3.8, 4) is 5.75 Å². The Morgan fingerprint density at radius 1 is 1.00 bits per heavy atom. The number of azo groups is 1. The van der Waals surface area contributed by atoms with Crippen LogP contribution in [0.1, 0.15) is 12.5 Å². The van der Waals surface area contributed by atoms with Crippen molar-refractivity contribution >= 4 is 43.2 Å². The van der Waals surface area contributed by atoms with Crippen LogP contribution in [0.5, 0.6) is 5.75 Å². The van der Waals surface area contributed by atoms with Crippen LogP contribution in [0.4, 0.5) is 11.4 Å². The monoisotopic (exact) mass is 526 g/mol. The molecule has 1 amide bonds. The van der Waals surface area contributed by atoms with Gasteiger partial charge in [0.1, 0.15) is 31.7 Å². The second kappa shape index (κ2) is 11.7. The number of methoxy groups -OCH3 is 1. The Bertz CT molecular complexity index is 1360. The second-order valence-corrected chi connectivity index (χ2v) is 9.43. The average Bonchev–Trinajstić information content (AvgIpc) is 2.98. The Morgan fingerprint density at radius 3 is 2.09 bits per heavy atom. The van der Waals surface area contributed by atoms with Crippen molar-refractivity contribution in [1.82, 2.24) is 0 Å². The SMILES string of the molecule is COc1cc(S(=O)(=O)[O-])c(C)cc1N=NC1C(=O)N(c2ccc(S(=O)(=O)[O-])cc2)N=C1C.[Na+].[Na+]. The van der Waals surface area contributed by atoms with Crippen LogP contribution in [0, 0.1) is 6.92 Å². The predicted molar refractivity (Wildman–Crippen MR) is 109 cm³/mol. The zero-order chi connectivity index (χ0) is 23.8. The van der Waals surface area contributed by atoms with E-state index < -0.39 is 42.0 Å². The number of nitrogens with zero attached hydrogens (tertiary/aromatic N) is 4. The number of hydrogen-bond acceptors (Lipinski definition) is 11. The Hall–Kier alpha value is -1.20. The van der Waals surface area contributed by atoms with Gasteiger partial charge in [-0.2, -0.15) is 20.3 Å². The van der Waals surface area contributed by atoms with Crippen molar-refractivity contribution < 1.29 is 94.6 Å². The van der Waals surface area contributed by atoms with Gasteiger partial charge in [0, 0.05) is 6.07 Å². The number of carbonyl (C=O) groups is 1. The molecule has 34 heavy (non-hydrogen) atoms. The summed E-state index contributed by atoms with van der Waals surface area (Å²) in [5.41, 5.74) is 0.737. The van der Waals surface area contributed by atoms with Crippen LogP contribution in [0.25, 0.3) is 0 Å². The molecular weight excluding hydrogens is 510 g/mol. The van der Waals surface area contributed by atoms with E-state index in [2.05, 4.69) is 15.3 Å². The van der Waals surface area contributed by atoms with Gasteiger partial charge in [-0.1, -0.05) is 0 Å². The number of amides is 1. The summed E-state index contributed by atoms with van der Waals surface area (Å²) in [6, 6.07) is 5.85. The molecule has 16 heteroatoms. The molecule has 3 rings (SSSR count). The Kier molecular flexibility index (Phi) is 10.6. The maximum atomic E-state index is 12.8. The molecule has 0 fully saturated rings. The van der Waals surface area contributed by atoms with Gasteiger partial charge < -0.3 is 13.8 Å². The van der Waals surface area contributed by atoms with Crippen molar-refractivity contribution in [2.24, 2.45) is 15.3 Å². The number of ether oxygens (including phenoxy) is 1. The van der Waals surface area contributed by atoms with Gasteiger partial charge in [-0.05, 0) is 49.7 Å². The molecule has 2 aromatic carbocycles. The first-order valence-electron chi connectivity index (χ1n) is 8.83. The minimum Gasteiger partial charge on any atom is -0.744 e. The summed E-state index contributed by atoms with van der Waals surface area (Å²) in [5, 5.41) is 13.0. The van der Waals surface area contributed by atoms with Crippen LogP contribution < -0.4 is 68.9 Å². The molecule has 0 aliphatic carbocycles. The normalized spacial score (nSPS) is 16.1. The molecule has 1 aliphatic heterocycles. The second-order valence-electron chi connectivity index (χ2n) is 6.70. The van der Waals surface area contributed by atoms with Gasteiger partial charge in [0.2, 0.25) is 0 Å². The quantitative estimate of drug-likeness (QED) is 0.206. The smallest absolute Gasteiger partial charge is 0.744 e.